The Bertz CT molecular complexity index is 602. The summed E-state index contributed by atoms with van der Waals surface area (Å²) < 4.78 is 6.18. The SMILES string of the molecule is COc1ccc(NC(=O)c2cc(C)c(Br)s2)cc1C. The fourth-order valence-electron chi connectivity index (χ4n) is 1.72. The molecule has 0 aliphatic carbocycles. The molecule has 5 heteroatoms. The number of hydrogen-bond donors (Lipinski definition) is 1. The summed E-state index contributed by atoms with van der Waals surface area (Å²) in [5, 5.41) is 2.89. The van der Waals surface area contributed by atoms with Crippen LogP contribution in [0.3, 0.4) is 0 Å². The molecule has 1 N–H and O–H groups in total. The zero-order valence-electron chi connectivity index (χ0n) is 10.9. The number of methoxy groups -OCH3 is 1. The van der Waals surface area contributed by atoms with E-state index in [4.69, 9.17) is 4.74 Å². The van der Waals surface area contributed by atoms with Crippen molar-refractivity contribution < 1.29 is 9.53 Å². The van der Waals surface area contributed by atoms with Crippen molar-refractivity contribution in [3.05, 3.63) is 44.1 Å². The summed E-state index contributed by atoms with van der Waals surface area (Å²) >= 11 is 4.86. The van der Waals surface area contributed by atoms with Gasteiger partial charge in [0.1, 0.15) is 5.75 Å². The van der Waals surface area contributed by atoms with E-state index in [1.807, 2.05) is 38.1 Å². The number of hydrogen-bond acceptors (Lipinski definition) is 3. The molecular formula is C14H14BrNO2S. The second-order valence-electron chi connectivity index (χ2n) is 4.21. The Kier molecular flexibility index (Phi) is 4.27. The second-order valence-corrected chi connectivity index (χ2v) is 6.58. The van der Waals surface area contributed by atoms with Gasteiger partial charge in [-0.3, -0.25) is 4.79 Å². The highest BCUT2D eigenvalue weighted by Crippen LogP contribution is 2.28. The average Bonchev–Trinajstić information content (AvgIpc) is 2.70. The second kappa shape index (κ2) is 5.75. The first-order valence-corrected chi connectivity index (χ1v) is 7.34. The Hall–Kier alpha value is -1.33. The molecule has 0 aliphatic rings. The van der Waals surface area contributed by atoms with Gasteiger partial charge in [-0.1, -0.05) is 0 Å². The number of benzene rings is 1. The maximum atomic E-state index is 12.1. The molecule has 0 saturated carbocycles. The third-order valence-electron chi connectivity index (χ3n) is 2.73. The molecular weight excluding hydrogens is 326 g/mol. The number of anilines is 1. The Morgan fingerprint density at radius 3 is 2.53 bits per heavy atom. The third kappa shape index (κ3) is 3.16. The molecule has 1 aromatic heterocycles. The van der Waals surface area contributed by atoms with E-state index in [1.54, 1.807) is 7.11 Å². The van der Waals surface area contributed by atoms with Crippen LogP contribution in [-0.4, -0.2) is 13.0 Å². The molecule has 1 amide bonds. The first kappa shape index (κ1) is 14.1. The lowest BCUT2D eigenvalue weighted by atomic mass is 10.2. The molecule has 19 heavy (non-hydrogen) atoms. The lowest BCUT2D eigenvalue weighted by Gasteiger charge is -2.08. The first-order chi connectivity index (χ1) is 9.01. The molecule has 0 radical (unpaired) electrons. The van der Waals surface area contributed by atoms with Crippen molar-refractivity contribution in [2.75, 3.05) is 12.4 Å². The topological polar surface area (TPSA) is 38.3 Å². The number of carbonyl (C=O) groups is 1. The van der Waals surface area contributed by atoms with Crippen molar-refractivity contribution in [2.24, 2.45) is 0 Å². The molecule has 0 fully saturated rings. The van der Waals surface area contributed by atoms with Gasteiger partial charge in [-0.2, -0.15) is 0 Å². The van der Waals surface area contributed by atoms with E-state index in [-0.39, 0.29) is 5.91 Å². The Labute approximate surface area is 124 Å². The number of carbonyl (C=O) groups excluding carboxylic acids is 1. The monoisotopic (exact) mass is 339 g/mol. The van der Waals surface area contributed by atoms with E-state index in [1.165, 1.54) is 11.3 Å². The number of amides is 1. The van der Waals surface area contributed by atoms with E-state index in [9.17, 15) is 4.79 Å². The van der Waals surface area contributed by atoms with Crippen molar-refractivity contribution in [1.29, 1.82) is 0 Å². The lowest BCUT2D eigenvalue weighted by Crippen LogP contribution is -2.10. The number of ether oxygens (including phenoxy) is 1. The number of aryl methyl sites for hydroxylation is 2. The van der Waals surface area contributed by atoms with E-state index < -0.39 is 0 Å². The van der Waals surface area contributed by atoms with Gasteiger partial charge >= 0.3 is 0 Å². The van der Waals surface area contributed by atoms with Gasteiger partial charge in [0.15, 0.2) is 0 Å². The van der Waals surface area contributed by atoms with Gasteiger partial charge < -0.3 is 10.1 Å². The van der Waals surface area contributed by atoms with Crippen molar-refractivity contribution in [3.8, 4) is 5.75 Å². The molecule has 3 nitrogen and oxygen atoms in total. The molecule has 2 aromatic rings. The summed E-state index contributed by atoms with van der Waals surface area (Å²) in [7, 11) is 1.63. The molecule has 0 spiro atoms. The number of halogens is 1. The highest BCUT2D eigenvalue weighted by molar-refractivity contribution is 9.11. The predicted octanol–water partition coefficient (Wildman–Crippen LogP) is 4.39. The standard InChI is InChI=1S/C14H14BrNO2S/c1-8-6-10(4-5-11(8)18-3)16-14(17)12-7-9(2)13(15)19-12/h4-7H,1-3H3,(H,16,17). The van der Waals surface area contributed by atoms with Gasteiger partial charge in [0.2, 0.25) is 0 Å². The minimum Gasteiger partial charge on any atom is -0.496 e. The average molecular weight is 340 g/mol. The molecule has 2 rings (SSSR count). The van der Waals surface area contributed by atoms with E-state index in [0.29, 0.717) is 4.88 Å². The molecule has 0 unspecified atom stereocenters. The summed E-state index contributed by atoms with van der Waals surface area (Å²) in [4.78, 5) is 12.8. The van der Waals surface area contributed by atoms with Gasteiger partial charge in [0.05, 0.1) is 15.8 Å². The van der Waals surface area contributed by atoms with Crippen molar-refractivity contribution in [1.82, 2.24) is 0 Å². The molecule has 1 aromatic carbocycles. The summed E-state index contributed by atoms with van der Waals surface area (Å²) in [6, 6.07) is 7.45. The maximum absolute atomic E-state index is 12.1. The number of nitrogens with one attached hydrogen (secondary N) is 1. The minimum atomic E-state index is -0.0941. The molecule has 0 bridgehead atoms. The van der Waals surface area contributed by atoms with Crippen LogP contribution in [0.1, 0.15) is 20.8 Å². The van der Waals surface area contributed by atoms with Crippen LogP contribution in [0.25, 0.3) is 0 Å². The van der Waals surface area contributed by atoms with E-state index in [2.05, 4.69) is 21.2 Å². The summed E-state index contributed by atoms with van der Waals surface area (Å²) in [6.45, 7) is 3.91. The van der Waals surface area contributed by atoms with Crippen LogP contribution in [0, 0.1) is 13.8 Å². The van der Waals surface area contributed by atoms with Crippen molar-refractivity contribution >= 4 is 38.9 Å². The minimum absolute atomic E-state index is 0.0941. The largest absolute Gasteiger partial charge is 0.496 e. The molecule has 0 atom stereocenters. The van der Waals surface area contributed by atoms with Crippen LogP contribution in [0.15, 0.2) is 28.1 Å². The highest BCUT2D eigenvalue weighted by Gasteiger charge is 2.11. The van der Waals surface area contributed by atoms with Crippen LogP contribution in [0.5, 0.6) is 5.75 Å². The fourth-order valence-corrected chi connectivity index (χ4v) is 3.15. The smallest absolute Gasteiger partial charge is 0.265 e. The van der Waals surface area contributed by atoms with Crippen LogP contribution in [0.2, 0.25) is 0 Å². The highest BCUT2D eigenvalue weighted by atomic mass is 79.9. The summed E-state index contributed by atoms with van der Waals surface area (Å²) in [5.74, 6) is 0.719. The zero-order valence-corrected chi connectivity index (χ0v) is 13.3. The Balaban J connectivity index is 2.17. The Morgan fingerprint density at radius 1 is 1.26 bits per heavy atom. The maximum Gasteiger partial charge on any atom is 0.265 e. The van der Waals surface area contributed by atoms with Gasteiger partial charge in [0.25, 0.3) is 5.91 Å². The first-order valence-electron chi connectivity index (χ1n) is 5.73. The Morgan fingerprint density at radius 2 is 2.00 bits per heavy atom. The number of thiophene rings is 1. The van der Waals surface area contributed by atoms with Gasteiger partial charge in [0, 0.05) is 5.69 Å². The molecule has 1 heterocycles. The van der Waals surface area contributed by atoms with Gasteiger partial charge in [-0.25, -0.2) is 0 Å². The number of rotatable bonds is 3. The lowest BCUT2D eigenvalue weighted by molar-refractivity contribution is 0.103. The zero-order chi connectivity index (χ0) is 14.0. The van der Waals surface area contributed by atoms with Crippen LogP contribution in [-0.2, 0) is 0 Å². The third-order valence-corrected chi connectivity index (χ3v) is 4.87. The molecule has 100 valence electrons. The fraction of sp³-hybridized carbons (Fsp3) is 0.214. The van der Waals surface area contributed by atoms with Gasteiger partial charge in [-0.05, 0) is 65.2 Å². The summed E-state index contributed by atoms with van der Waals surface area (Å²) in [5.41, 5.74) is 2.83. The van der Waals surface area contributed by atoms with E-state index in [0.717, 1.165) is 26.4 Å². The van der Waals surface area contributed by atoms with Gasteiger partial charge in [-0.15, -0.1) is 11.3 Å². The van der Waals surface area contributed by atoms with Crippen LogP contribution >= 0.6 is 27.3 Å². The van der Waals surface area contributed by atoms with Crippen LogP contribution < -0.4 is 10.1 Å². The molecule has 0 aliphatic heterocycles. The normalized spacial score (nSPS) is 10.3. The molecule has 0 saturated heterocycles. The van der Waals surface area contributed by atoms with E-state index >= 15 is 0 Å². The van der Waals surface area contributed by atoms with Crippen LogP contribution in [0.4, 0.5) is 5.69 Å². The summed E-state index contributed by atoms with van der Waals surface area (Å²) in [6.07, 6.45) is 0. The quantitative estimate of drug-likeness (QED) is 0.900. The van der Waals surface area contributed by atoms with Crippen molar-refractivity contribution in [2.45, 2.75) is 13.8 Å². The van der Waals surface area contributed by atoms with Crippen molar-refractivity contribution in [3.63, 3.8) is 0 Å². The predicted molar refractivity (Wildman–Crippen MR) is 82.4 cm³/mol.